The zero-order valence-corrected chi connectivity index (χ0v) is 10.2. The van der Waals surface area contributed by atoms with Gasteiger partial charge in [0.05, 0.1) is 7.11 Å². The molecule has 2 saturated heterocycles. The molecule has 2 bridgehead atoms. The minimum atomic E-state index is -0.676. The molecule has 1 aromatic rings. The topological polar surface area (TPSA) is 32.7 Å². The number of nitrogens with zero attached hydrogens (tertiary/aromatic N) is 1. The van der Waals surface area contributed by atoms with Crippen molar-refractivity contribution >= 4 is 0 Å². The van der Waals surface area contributed by atoms with E-state index >= 15 is 0 Å². The molecular weight excluding hydrogens is 214 g/mol. The van der Waals surface area contributed by atoms with E-state index in [1.54, 1.807) is 7.11 Å². The van der Waals surface area contributed by atoms with Crippen molar-refractivity contribution in [1.82, 2.24) is 4.90 Å². The van der Waals surface area contributed by atoms with Gasteiger partial charge < -0.3 is 9.84 Å². The second-order valence-electron chi connectivity index (χ2n) is 5.23. The minimum Gasteiger partial charge on any atom is -0.497 e. The molecule has 0 aliphatic carbocycles. The van der Waals surface area contributed by atoms with Gasteiger partial charge in [0.25, 0.3) is 0 Å². The van der Waals surface area contributed by atoms with Gasteiger partial charge in [-0.15, -0.1) is 0 Å². The second-order valence-corrected chi connectivity index (χ2v) is 5.23. The van der Waals surface area contributed by atoms with Crippen molar-refractivity contribution in [3.8, 4) is 5.75 Å². The van der Waals surface area contributed by atoms with E-state index < -0.39 is 5.60 Å². The smallest absolute Gasteiger partial charge is 0.119 e. The molecule has 3 unspecified atom stereocenters. The highest BCUT2D eigenvalue weighted by molar-refractivity contribution is 5.34. The summed E-state index contributed by atoms with van der Waals surface area (Å²) < 4.78 is 5.25. The summed E-state index contributed by atoms with van der Waals surface area (Å²) in [4.78, 5) is 2.37. The molecule has 3 rings (SSSR count). The lowest BCUT2D eigenvalue weighted by atomic mass is 9.81. The summed E-state index contributed by atoms with van der Waals surface area (Å²) in [6.07, 6.45) is 2.33. The van der Waals surface area contributed by atoms with E-state index in [-0.39, 0.29) is 0 Å². The van der Waals surface area contributed by atoms with Crippen molar-refractivity contribution in [2.45, 2.75) is 18.4 Å². The Morgan fingerprint density at radius 2 is 2.35 bits per heavy atom. The third-order valence-electron chi connectivity index (χ3n) is 4.22. The van der Waals surface area contributed by atoms with Crippen LogP contribution < -0.4 is 4.74 Å². The van der Waals surface area contributed by atoms with Crippen LogP contribution in [0, 0.1) is 5.92 Å². The summed E-state index contributed by atoms with van der Waals surface area (Å²) in [5.74, 6) is 1.20. The maximum atomic E-state index is 11.0. The maximum Gasteiger partial charge on any atom is 0.119 e. The molecule has 0 saturated carbocycles. The Morgan fingerprint density at radius 1 is 1.47 bits per heavy atom. The Morgan fingerprint density at radius 3 is 3.12 bits per heavy atom. The summed E-state index contributed by atoms with van der Waals surface area (Å²) in [6, 6.07) is 7.88. The fourth-order valence-corrected chi connectivity index (χ4v) is 3.28. The highest BCUT2D eigenvalue weighted by Gasteiger charge is 2.47. The van der Waals surface area contributed by atoms with Gasteiger partial charge in [0.2, 0.25) is 0 Å². The quantitative estimate of drug-likeness (QED) is 0.842. The van der Waals surface area contributed by atoms with E-state index in [0.29, 0.717) is 5.92 Å². The largest absolute Gasteiger partial charge is 0.497 e. The van der Waals surface area contributed by atoms with Gasteiger partial charge in [0, 0.05) is 19.0 Å². The number of hydrogen-bond acceptors (Lipinski definition) is 3. The Balaban J connectivity index is 1.96. The van der Waals surface area contributed by atoms with E-state index in [9.17, 15) is 5.11 Å². The normalized spacial score (nSPS) is 35.9. The highest BCUT2D eigenvalue weighted by atomic mass is 16.5. The molecule has 3 heteroatoms. The molecule has 92 valence electrons. The van der Waals surface area contributed by atoms with Crippen molar-refractivity contribution < 1.29 is 9.84 Å². The summed E-state index contributed by atoms with van der Waals surface area (Å²) in [5.41, 5.74) is 0.330. The molecule has 3 atom stereocenters. The van der Waals surface area contributed by atoms with Crippen molar-refractivity contribution in [3.63, 3.8) is 0 Å². The summed E-state index contributed by atoms with van der Waals surface area (Å²) in [7, 11) is 1.67. The first-order valence-corrected chi connectivity index (χ1v) is 6.31. The standard InChI is InChI=1S/C14H19NO2/c1-17-13-6-2-4-11(8-13)14(16)10-15-7-3-5-12(14)9-15/h2,4,6,8,12,16H,3,5,7,9-10H2,1H3. The molecule has 17 heavy (non-hydrogen) atoms. The predicted octanol–water partition coefficient (Wildman–Crippen LogP) is 1.61. The lowest BCUT2D eigenvalue weighted by Gasteiger charge is -2.29. The molecule has 2 aliphatic heterocycles. The zero-order valence-electron chi connectivity index (χ0n) is 10.2. The molecule has 3 nitrogen and oxygen atoms in total. The summed E-state index contributed by atoms with van der Waals surface area (Å²) in [6.45, 7) is 2.93. The van der Waals surface area contributed by atoms with Crippen LogP contribution in [-0.2, 0) is 5.60 Å². The molecule has 1 aromatic carbocycles. The van der Waals surface area contributed by atoms with E-state index in [1.165, 1.54) is 6.42 Å². The average Bonchev–Trinajstić information content (AvgIpc) is 2.61. The second kappa shape index (κ2) is 4.00. The van der Waals surface area contributed by atoms with Crippen LogP contribution in [0.15, 0.2) is 24.3 Å². The van der Waals surface area contributed by atoms with Crippen LogP contribution in [0.2, 0.25) is 0 Å². The molecule has 2 fully saturated rings. The molecular formula is C14H19NO2. The van der Waals surface area contributed by atoms with Crippen molar-refractivity contribution in [3.05, 3.63) is 29.8 Å². The van der Waals surface area contributed by atoms with Crippen LogP contribution in [-0.4, -0.2) is 36.8 Å². The number of hydrogen-bond donors (Lipinski definition) is 1. The van der Waals surface area contributed by atoms with Gasteiger partial charge >= 0.3 is 0 Å². The van der Waals surface area contributed by atoms with E-state index in [1.807, 2.05) is 24.3 Å². The van der Waals surface area contributed by atoms with Crippen LogP contribution in [0.25, 0.3) is 0 Å². The van der Waals surface area contributed by atoms with Gasteiger partial charge in [0.1, 0.15) is 11.4 Å². The zero-order chi connectivity index (χ0) is 11.9. The van der Waals surface area contributed by atoms with Crippen LogP contribution in [0.5, 0.6) is 5.75 Å². The van der Waals surface area contributed by atoms with E-state index in [2.05, 4.69) is 4.90 Å². The lowest BCUT2D eigenvalue weighted by molar-refractivity contribution is 0.00979. The number of piperidine rings is 1. The molecule has 2 heterocycles. The number of aliphatic hydroxyl groups is 1. The average molecular weight is 233 g/mol. The monoisotopic (exact) mass is 233 g/mol. The van der Waals surface area contributed by atoms with Crippen molar-refractivity contribution in [2.24, 2.45) is 5.92 Å². The lowest BCUT2D eigenvalue weighted by Crippen LogP contribution is -2.34. The Hall–Kier alpha value is -1.06. The molecule has 2 aliphatic rings. The molecule has 0 radical (unpaired) electrons. The Kier molecular flexibility index (Phi) is 2.60. The van der Waals surface area contributed by atoms with Gasteiger partial charge in [-0.05, 0) is 37.1 Å². The fraction of sp³-hybridized carbons (Fsp3) is 0.571. The number of ether oxygens (including phenoxy) is 1. The third-order valence-corrected chi connectivity index (χ3v) is 4.22. The van der Waals surface area contributed by atoms with Gasteiger partial charge in [-0.3, -0.25) is 4.90 Å². The fourth-order valence-electron chi connectivity index (χ4n) is 3.28. The van der Waals surface area contributed by atoms with Gasteiger partial charge in [-0.1, -0.05) is 12.1 Å². The van der Waals surface area contributed by atoms with Crippen LogP contribution in [0.4, 0.5) is 0 Å². The molecule has 1 N–H and O–H groups in total. The van der Waals surface area contributed by atoms with Crippen LogP contribution in [0.1, 0.15) is 18.4 Å². The first-order chi connectivity index (χ1) is 8.22. The van der Waals surface area contributed by atoms with Crippen molar-refractivity contribution in [1.29, 1.82) is 0 Å². The van der Waals surface area contributed by atoms with Gasteiger partial charge in [-0.2, -0.15) is 0 Å². The van der Waals surface area contributed by atoms with Crippen molar-refractivity contribution in [2.75, 3.05) is 26.7 Å². The first-order valence-electron chi connectivity index (χ1n) is 6.31. The number of rotatable bonds is 2. The molecule has 0 spiro atoms. The molecule has 0 amide bonds. The summed E-state index contributed by atoms with van der Waals surface area (Å²) in [5, 5.41) is 11.0. The predicted molar refractivity (Wildman–Crippen MR) is 66.1 cm³/mol. The number of methoxy groups -OCH3 is 1. The summed E-state index contributed by atoms with van der Waals surface area (Å²) >= 11 is 0. The highest BCUT2D eigenvalue weighted by Crippen LogP contribution is 2.42. The van der Waals surface area contributed by atoms with Gasteiger partial charge in [-0.25, -0.2) is 0 Å². The van der Waals surface area contributed by atoms with E-state index in [0.717, 1.165) is 37.4 Å². The number of benzene rings is 1. The van der Waals surface area contributed by atoms with Crippen LogP contribution in [0.3, 0.4) is 0 Å². The van der Waals surface area contributed by atoms with Gasteiger partial charge in [0.15, 0.2) is 0 Å². The van der Waals surface area contributed by atoms with E-state index in [4.69, 9.17) is 4.74 Å². The number of fused-ring (bicyclic) bond motifs is 2. The molecule has 0 aromatic heterocycles. The Labute approximate surface area is 102 Å². The first kappa shape index (κ1) is 11.1. The SMILES string of the molecule is COc1cccc(C2(O)CN3CCCC2C3)c1. The maximum absolute atomic E-state index is 11.0. The third kappa shape index (κ3) is 1.74. The van der Waals surface area contributed by atoms with Crippen LogP contribution >= 0.6 is 0 Å². The Bertz CT molecular complexity index is 420. The minimum absolute atomic E-state index is 0.378.